The number of hydrogen-bond acceptors (Lipinski definition) is 4. The first-order chi connectivity index (χ1) is 10.4. The molecule has 2 aromatic rings. The first-order valence-corrected chi connectivity index (χ1v) is 8.76. The van der Waals surface area contributed by atoms with E-state index in [2.05, 4.69) is 21.0 Å². The van der Waals surface area contributed by atoms with Crippen LogP contribution >= 0.6 is 15.9 Å². The van der Waals surface area contributed by atoms with Crippen LogP contribution in [0.25, 0.3) is 0 Å². The maximum atomic E-state index is 12.6. The third-order valence-corrected chi connectivity index (χ3v) is 5.79. The van der Waals surface area contributed by atoms with E-state index >= 15 is 0 Å². The highest BCUT2D eigenvalue weighted by atomic mass is 79.9. The molecular formula is C14H12BBrN2O3S. The Balaban J connectivity index is 2.05. The van der Waals surface area contributed by atoms with Gasteiger partial charge < -0.3 is 5.02 Å². The van der Waals surface area contributed by atoms with Gasteiger partial charge in [0.15, 0.2) is 0 Å². The molecule has 3 rings (SSSR count). The minimum Gasteiger partial charge on any atom is -0.427 e. The Hall–Kier alpha value is -1.64. The van der Waals surface area contributed by atoms with Gasteiger partial charge in [-0.25, -0.2) is 8.42 Å². The average molecular weight is 379 g/mol. The van der Waals surface area contributed by atoms with Gasteiger partial charge in [0.1, 0.15) is 0 Å². The normalized spacial score (nSPS) is 14.1. The van der Waals surface area contributed by atoms with E-state index in [-0.39, 0.29) is 4.90 Å². The first kappa shape index (κ1) is 15.3. The number of fused-ring (bicyclic) bond motifs is 1. The van der Waals surface area contributed by atoms with Crippen LogP contribution in [0.5, 0.6) is 0 Å². The highest BCUT2D eigenvalue weighted by molar-refractivity contribution is 9.10. The van der Waals surface area contributed by atoms with E-state index in [9.17, 15) is 13.4 Å². The van der Waals surface area contributed by atoms with Crippen LogP contribution in [0, 0.1) is 6.92 Å². The fraction of sp³-hybridized carbons (Fsp3) is 0.0714. The molecule has 0 atom stereocenters. The van der Waals surface area contributed by atoms with Crippen molar-refractivity contribution in [3.63, 3.8) is 0 Å². The van der Waals surface area contributed by atoms with Crippen molar-refractivity contribution in [3.05, 3.63) is 58.1 Å². The monoisotopic (exact) mass is 378 g/mol. The van der Waals surface area contributed by atoms with Crippen molar-refractivity contribution in [2.24, 2.45) is 5.10 Å². The average Bonchev–Trinajstić information content (AvgIpc) is 2.49. The minimum atomic E-state index is -3.91. The van der Waals surface area contributed by atoms with Gasteiger partial charge >= 0.3 is 7.05 Å². The number of halogens is 1. The van der Waals surface area contributed by atoms with Crippen molar-refractivity contribution in [1.29, 1.82) is 0 Å². The molecule has 1 aliphatic heterocycles. The Morgan fingerprint density at radius 3 is 2.55 bits per heavy atom. The molecule has 2 aromatic carbocycles. The summed E-state index contributed by atoms with van der Waals surface area (Å²) in [6, 6.07) is 11.6. The van der Waals surface area contributed by atoms with Crippen LogP contribution in [0.3, 0.4) is 0 Å². The Kier molecular flexibility index (Phi) is 3.84. The molecule has 0 spiro atoms. The second-order valence-corrected chi connectivity index (χ2v) is 7.60. The summed E-state index contributed by atoms with van der Waals surface area (Å²) in [5, 5.41) is 14.3. The van der Waals surface area contributed by atoms with Gasteiger partial charge in [-0.05, 0) is 30.6 Å². The molecule has 112 valence electrons. The summed E-state index contributed by atoms with van der Waals surface area (Å²) in [6.07, 6.45) is 1.43. The Morgan fingerprint density at radius 1 is 1.18 bits per heavy atom. The number of hydrogen-bond donors (Lipinski definition) is 1. The van der Waals surface area contributed by atoms with Gasteiger partial charge in [-0.3, -0.25) is 0 Å². The van der Waals surface area contributed by atoms with Crippen LogP contribution < -0.4 is 5.46 Å². The summed E-state index contributed by atoms with van der Waals surface area (Å²) < 4.78 is 26.8. The molecular weight excluding hydrogens is 367 g/mol. The quantitative estimate of drug-likeness (QED) is 0.804. The lowest BCUT2D eigenvalue weighted by Crippen LogP contribution is -2.52. The molecule has 22 heavy (non-hydrogen) atoms. The number of benzene rings is 2. The summed E-state index contributed by atoms with van der Waals surface area (Å²) in [4.78, 5) is 0.0905. The predicted octanol–water partition coefficient (Wildman–Crippen LogP) is 1.48. The highest BCUT2D eigenvalue weighted by Gasteiger charge is 2.38. The van der Waals surface area contributed by atoms with Crippen LogP contribution in [0.1, 0.15) is 11.1 Å². The van der Waals surface area contributed by atoms with Gasteiger partial charge in [-0.2, -0.15) is 9.43 Å². The van der Waals surface area contributed by atoms with Crippen LogP contribution in [0.4, 0.5) is 0 Å². The van der Waals surface area contributed by atoms with E-state index < -0.39 is 17.1 Å². The topological polar surface area (TPSA) is 70.0 Å². The highest BCUT2D eigenvalue weighted by Crippen LogP contribution is 2.22. The van der Waals surface area contributed by atoms with Crippen LogP contribution in [0.15, 0.2) is 56.9 Å². The first-order valence-electron chi connectivity index (χ1n) is 6.53. The molecule has 1 aliphatic rings. The zero-order valence-corrected chi connectivity index (χ0v) is 14.0. The largest absolute Gasteiger partial charge is 0.484 e. The lowest BCUT2D eigenvalue weighted by molar-refractivity contribution is 0.476. The molecule has 0 aliphatic carbocycles. The zero-order chi connectivity index (χ0) is 15.9. The molecule has 0 aromatic heterocycles. The van der Waals surface area contributed by atoms with Crippen LogP contribution in [0.2, 0.25) is 0 Å². The number of hydrazone groups is 1. The summed E-state index contributed by atoms with van der Waals surface area (Å²) in [5.74, 6) is 0. The van der Waals surface area contributed by atoms with Crippen molar-refractivity contribution in [3.8, 4) is 0 Å². The fourth-order valence-corrected chi connectivity index (χ4v) is 3.95. The molecule has 0 bridgehead atoms. The molecule has 0 unspecified atom stereocenters. The maximum absolute atomic E-state index is 12.6. The molecule has 0 radical (unpaired) electrons. The van der Waals surface area contributed by atoms with E-state index in [1.54, 1.807) is 24.3 Å². The second-order valence-electron chi connectivity index (χ2n) is 4.95. The van der Waals surface area contributed by atoms with Gasteiger partial charge in [-0.1, -0.05) is 45.8 Å². The van der Waals surface area contributed by atoms with E-state index in [1.807, 2.05) is 13.0 Å². The van der Waals surface area contributed by atoms with Gasteiger partial charge in [0, 0.05) is 10.0 Å². The van der Waals surface area contributed by atoms with Gasteiger partial charge in [0.2, 0.25) is 0 Å². The van der Waals surface area contributed by atoms with Gasteiger partial charge in [-0.15, -0.1) is 0 Å². The predicted molar refractivity (Wildman–Crippen MR) is 89.5 cm³/mol. The lowest BCUT2D eigenvalue weighted by Gasteiger charge is -2.26. The van der Waals surface area contributed by atoms with Crippen molar-refractivity contribution >= 4 is 44.7 Å². The summed E-state index contributed by atoms with van der Waals surface area (Å²) in [7, 11) is -5.27. The molecule has 8 heteroatoms. The molecule has 1 N–H and O–H groups in total. The Labute approximate surface area is 137 Å². The Morgan fingerprint density at radius 2 is 1.86 bits per heavy atom. The Bertz CT molecular complexity index is 853. The van der Waals surface area contributed by atoms with E-state index in [4.69, 9.17) is 0 Å². The standard InChI is InChI=1S/C14H12BBrN2O3S/c1-10-5-7-11(8-6-10)22(20,21)18-15(19)13-3-2-4-14(16)12(13)9-17-18/h2-9,19H,1H3. The zero-order valence-electron chi connectivity index (χ0n) is 11.6. The lowest BCUT2D eigenvalue weighted by atomic mass is 9.72. The SMILES string of the molecule is Cc1ccc(S(=O)(=O)N2N=Cc3c(Br)cccc3B2O)cc1. The van der Waals surface area contributed by atoms with Crippen molar-refractivity contribution in [2.75, 3.05) is 0 Å². The molecule has 5 nitrogen and oxygen atoms in total. The van der Waals surface area contributed by atoms with Crippen molar-refractivity contribution in [1.82, 2.24) is 4.33 Å². The van der Waals surface area contributed by atoms with Gasteiger partial charge in [0.25, 0.3) is 10.0 Å². The smallest absolute Gasteiger partial charge is 0.427 e. The van der Waals surface area contributed by atoms with Crippen LogP contribution in [-0.2, 0) is 10.0 Å². The van der Waals surface area contributed by atoms with E-state index in [0.29, 0.717) is 11.0 Å². The van der Waals surface area contributed by atoms with E-state index in [0.717, 1.165) is 14.4 Å². The summed E-state index contributed by atoms with van der Waals surface area (Å²) >= 11 is 3.36. The molecule has 0 saturated carbocycles. The number of rotatable bonds is 2. The summed E-state index contributed by atoms with van der Waals surface area (Å²) in [5.41, 5.74) is 2.11. The molecule has 0 fully saturated rings. The van der Waals surface area contributed by atoms with Gasteiger partial charge in [0.05, 0.1) is 11.1 Å². The minimum absolute atomic E-state index is 0.0905. The molecule has 0 amide bonds. The third-order valence-electron chi connectivity index (χ3n) is 3.44. The number of aryl methyl sites for hydroxylation is 1. The number of sulfonamides is 1. The summed E-state index contributed by atoms with van der Waals surface area (Å²) in [6.45, 7) is 1.87. The number of nitrogens with zero attached hydrogens (tertiary/aromatic N) is 2. The van der Waals surface area contributed by atoms with E-state index in [1.165, 1.54) is 18.3 Å². The molecule has 0 saturated heterocycles. The second kappa shape index (κ2) is 5.53. The fourth-order valence-electron chi connectivity index (χ4n) is 2.22. The third kappa shape index (κ3) is 2.47. The van der Waals surface area contributed by atoms with Crippen molar-refractivity contribution in [2.45, 2.75) is 11.8 Å². The maximum Gasteiger partial charge on any atom is 0.484 e. The van der Waals surface area contributed by atoms with Crippen LogP contribution in [-0.4, -0.2) is 31.0 Å². The molecule has 1 heterocycles. The van der Waals surface area contributed by atoms with Crippen molar-refractivity contribution < 1.29 is 13.4 Å².